The molecule has 31 heavy (non-hydrogen) atoms. The Bertz CT molecular complexity index is 1080. The number of aryl methyl sites for hydroxylation is 6. The molecule has 0 aliphatic heterocycles. The maximum absolute atomic E-state index is 12.4. The summed E-state index contributed by atoms with van der Waals surface area (Å²) in [4.78, 5) is 23.4. The van der Waals surface area contributed by atoms with Crippen molar-refractivity contribution in [2.24, 2.45) is 7.05 Å². The van der Waals surface area contributed by atoms with E-state index < -0.39 is 0 Å². The first kappa shape index (κ1) is 21.7. The second kappa shape index (κ2) is 9.34. The van der Waals surface area contributed by atoms with Crippen LogP contribution in [0.2, 0.25) is 0 Å². The molecule has 4 rings (SSSR count). The highest BCUT2D eigenvalue weighted by atomic mass is 32.1. The van der Waals surface area contributed by atoms with E-state index >= 15 is 0 Å². The first-order valence-corrected chi connectivity index (χ1v) is 11.9. The molecule has 3 aromatic heterocycles. The Kier molecular flexibility index (Phi) is 6.55. The number of thiazole rings is 1. The number of nitrogens with zero attached hydrogens (tertiary/aromatic N) is 4. The number of pyridine rings is 1. The third-order valence-corrected chi connectivity index (χ3v) is 7.31. The van der Waals surface area contributed by atoms with Crippen LogP contribution in [0.5, 0.6) is 5.88 Å². The lowest BCUT2D eigenvalue weighted by Crippen LogP contribution is -2.25. The van der Waals surface area contributed by atoms with Crippen LogP contribution in [-0.4, -0.2) is 39.3 Å². The molecule has 3 aromatic rings. The summed E-state index contributed by atoms with van der Waals surface area (Å²) < 4.78 is 7.16. The lowest BCUT2D eigenvalue weighted by Gasteiger charge is -2.11. The van der Waals surface area contributed by atoms with Gasteiger partial charge in [0.15, 0.2) is 5.65 Å². The van der Waals surface area contributed by atoms with E-state index in [4.69, 9.17) is 14.7 Å². The zero-order valence-electron chi connectivity index (χ0n) is 18.9. The van der Waals surface area contributed by atoms with Crippen LogP contribution < -0.4 is 10.1 Å². The van der Waals surface area contributed by atoms with E-state index in [1.165, 1.54) is 34.8 Å². The summed E-state index contributed by atoms with van der Waals surface area (Å²) in [5.74, 6) is 0.660. The molecule has 0 aromatic carbocycles. The summed E-state index contributed by atoms with van der Waals surface area (Å²) in [7, 11) is 3.49. The van der Waals surface area contributed by atoms with Crippen LogP contribution in [0.1, 0.15) is 58.1 Å². The zero-order chi connectivity index (χ0) is 22.0. The Balaban J connectivity index is 1.29. The Morgan fingerprint density at radius 2 is 2.00 bits per heavy atom. The van der Waals surface area contributed by atoms with Gasteiger partial charge in [0, 0.05) is 37.0 Å². The van der Waals surface area contributed by atoms with Gasteiger partial charge in [-0.05, 0) is 63.5 Å². The molecule has 7 nitrogen and oxygen atoms in total. The number of ether oxygens (including phenoxy) is 1. The van der Waals surface area contributed by atoms with Crippen LogP contribution in [0.4, 0.5) is 0 Å². The van der Waals surface area contributed by atoms with Crippen LogP contribution in [0.3, 0.4) is 0 Å². The van der Waals surface area contributed by atoms with Gasteiger partial charge in [0.1, 0.15) is 0 Å². The predicted octanol–water partition coefficient (Wildman–Crippen LogP) is 3.61. The minimum atomic E-state index is 0.0791. The van der Waals surface area contributed by atoms with Crippen molar-refractivity contribution < 1.29 is 9.53 Å². The average Bonchev–Trinajstić information content (AvgIpc) is 3.31. The third kappa shape index (κ3) is 4.59. The maximum atomic E-state index is 12.4. The number of amides is 1. The molecule has 8 heteroatoms. The van der Waals surface area contributed by atoms with Crippen molar-refractivity contribution >= 4 is 28.3 Å². The summed E-state index contributed by atoms with van der Waals surface area (Å²) in [5, 5.41) is 9.60. The molecule has 0 radical (unpaired) electrons. The van der Waals surface area contributed by atoms with E-state index in [-0.39, 0.29) is 5.91 Å². The molecule has 0 atom stereocenters. The summed E-state index contributed by atoms with van der Waals surface area (Å²) in [6.45, 7) is 4.74. The summed E-state index contributed by atoms with van der Waals surface area (Å²) in [6.07, 6.45) is 7.85. The number of carbonyl (C=O) groups excluding carboxylic acids is 1. The minimum absolute atomic E-state index is 0.0791. The third-order valence-electron chi connectivity index (χ3n) is 6.10. The molecule has 0 unspecified atom stereocenters. The molecule has 1 N–H and O–H groups in total. The Labute approximate surface area is 187 Å². The molecule has 1 aliphatic carbocycles. The molecule has 3 heterocycles. The monoisotopic (exact) mass is 441 g/mol. The number of aromatic nitrogens is 4. The van der Waals surface area contributed by atoms with Gasteiger partial charge in [0.2, 0.25) is 11.8 Å². The molecular weight excluding hydrogens is 410 g/mol. The zero-order valence-corrected chi connectivity index (χ0v) is 19.7. The first-order valence-electron chi connectivity index (χ1n) is 11.1. The first-order chi connectivity index (χ1) is 15.0. The van der Waals surface area contributed by atoms with E-state index in [0.29, 0.717) is 25.3 Å². The summed E-state index contributed by atoms with van der Waals surface area (Å²) >= 11 is 1.86. The lowest BCUT2D eigenvalue weighted by molar-refractivity contribution is -0.121. The van der Waals surface area contributed by atoms with Crippen molar-refractivity contribution in [3.05, 3.63) is 32.4 Å². The van der Waals surface area contributed by atoms with Gasteiger partial charge in [-0.25, -0.2) is 14.6 Å². The van der Waals surface area contributed by atoms with Gasteiger partial charge in [-0.3, -0.25) is 4.79 Å². The van der Waals surface area contributed by atoms with Crippen LogP contribution >= 0.6 is 11.3 Å². The summed E-state index contributed by atoms with van der Waals surface area (Å²) in [5.41, 5.74) is 5.26. The van der Waals surface area contributed by atoms with Gasteiger partial charge in [0.05, 0.1) is 23.2 Å². The van der Waals surface area contributed by atoms with Gasteiger partial charge in [-0.2, -0.15) is 0 Å². The smallest absolute Gasteiger partial charge is 0.242 e. The van der Waals surface area contributed by atoms with Gasteiger partial charge >= 0.3 is 0 Å². The van der Waals surface area contributed by atoms with Crippen molar-refractivity contribution in [1.82, 2.24) is 25.1 Å². The van der Waals surface area contributed by atoms with Crippen molar-refractivity contribution in [3.8, 4) is 5.88 Å². The van der Waals surface area contributed by atoms with E-state index in [9.17, 15) is 4.79 Å². The van der Waals surface area contributed by atoms with Gasteiger partial charge in [0.25, 0.3) is 0 Å². The normalized spacial score (nSPS) is 13.4. The van der Waals surface area contributed by atoms with E-state index in [2.05, 4.69) is 17.3 Å². The van der Waals surface area contributed by atoms with E-state index in [0.717, 1.165) is 47.1 Å². The molecule has 0 saturated heterocycles. The Morgan fingerprint density at radius 1 is 1.19 bits per heavy atom. The molecular formula is C23H31N5O2S. The molecule has 1 aliphatic rings. The largest absolute Gasteiger partial charge is 0.479 e. The van der Waals surface area contributed by atoms with Crippen molar-refractivity contribution in [2.45, 2.75) is 65.2 Å². The molecule has 1 amide bonds. The SMILES string of the molecule is COc1nn(C)c2nc(C)c(CCC(=O)NCCCc3nc4c(s3)CCCC4)c(C)c12. The van der Waals surface area contributed by atoms with Crippen LogP contribution in [-0.2, 0) is 37.5 Å². The fourth-order valence-corrected chi connectivity index (χ4v) is 5.61. The van der Waals surface area contributed by atoms with Gasteiger partial charge in [-0.1, -0.05) is 0 Å². The van der Waals surface area contributed by atoms with Crippen LogP contribution in [0.25, 0.3) is 11.0 Å². The van der Waals surface area contributed by atoms with Crippen molar-refractivity contribution in [2.75, 3.05) is 13.7 Å². The Hall–Kier alpha value is -2.48. The standard InChI is InChI=1S/C23H31N5O2S/c1-14-16(15(2)25-22-21(14)23(30-4)27-28(22)3)11-12-19(29)24-13-7-10-20-26-17-8-5-6-9-18(17)31-20/h5-13H2,1-4H3,(H,24,29). The van der Waals surface area contributed by atoms with Gasteiger partial charge < -0.3 is 10.1 Å². The quantitative estimate of drug-likeness (QED) is 0.540. The van der Waals surface area contributed by atoms with Crippen LogP contribution in [0, 0.1) is 13.8 Å². The lowest BCUT2D eigenvalue weighted by atomic mass is 10.00. The number of hydrogen-bond acceptors (Lipinski definition) is 6. The van der Waals surface area contributed by atoms with Crippen LogP contribution in [0.15, 0.2) is 0 Å². The van der Waals surface area contributed by atoms with Crippen molar-refractivity contribution in [1.29, 1.82) is 0 Å². The molecule has 0 saturated carbocycles. The van der Waals surface area contributed by atoms with Gasteiger partial charge in [-0.15, -0.1) is 16.4 Å². The molecule has 0 spiro atoms. The number of methoxy groups -OCH3 is 1. The highest BCUT2D eigenvalue weighted by Gasteiger charge is 2.19. The molecule has 0 bridgehead atoms. The molecule has 0 fully saturated rings. The predicted molar refractivity (Wildman–Crippen MR) is 123 cm³/mol. The molecule has 166 valence electrons. The number of rotatable bonds is 8. The average molecular weight is 442 g/mol. The number of carbonyl (C=O) groups is 1. The fraction of sp³-hybridized carbons (Fsp3) is 0.565. The highest BCUT2D eigenvalue weighted by molar-refractivity contribution is 7.11. The minimum Gasteiger partial charge on any atom is -0.479 e. The fourth-order valence-electron chi connectivity index (χ4n) is 4.41. The van der Waals surface area contributed by atoms with E-state index in [1.807, 2.05) is 25.3 Å². The maximum Gasteiger partial charge on any atom is 0.242 e. The number of fused-ring (bicyclic) bond motifs is 2. The second-order valence-corrected chi connectivity index (χ2v) is 9.44. The second-order valence-electron chi connectivity index (χ2n) is 8.27. The van der Waals surface area contributed by atoms with Crippen molar-refractivity contribution in [3.63, 3.8) is 0 Å². The number of hydrogen-bond donors (Lipinski definition) is 1. The van der Waals surface area contributed by atoms with E-state index in [1.54, 1.807) is 11.8 Å². The highest BCUT2D eigenvalue weighted by Crippen LogP contribution is 2.30. The topological polar surface area (TPSA) is 81.9 Å². The number of nitrogens with one attached hydrogen (secondary N) is 1. The Morgan fingerprint density at radius 3 is 2.77 bits per heavy atom. The summed E-state index contributed by atoms with van der Waals surface area (Å²) in [6, 6.07) is 0.